The molecule has 220 valence electrons. The van der Waals surface area contributed by atoms with Gasteiger partial charge in [0.25, 0.3) is 0 Å². The number of imidazole rings is 1. The van der Waals surface area contributed by atoms with Gasteiger partial charge in [0.2, 0.25) is 0 Å². The number of carbonyl (C=O) groups is 1. The predicted octanol–water partition coefficient (Wildman–Crippen LogP) is 5.63. The second-order valence-electron chi connectivity index (χ2n) is 12.1. The normalized spacial score (nSPS) is 14.0. The number of hydrogen-bond donors (Lipinski definition) is 1. The molecule has 2 aromatic heterocycles. The largest absolute Gasteiger partial charge is 0.444 e. The Balaban J connectivity index is 1.54. The summed E-state index contributed by atoms with van der Waals surface area (Å²) in [5, 5.41) is 9.75. The summed E-state index contributed by atoms with van der Waals surface area (Å²) in [5.74, 6) is 0.913. The van der Waals surface area contributed by atoms with Crippen LogP contribution in [0, 0.1) is 17.1 Å². The van der Waals surface area contributed by atoms with Crippen molar-refractivity contribution in [1.82, 2.24) is 24.8 Å². The standard InChI is InChI=1S/C31H35BrFN7O2/c1-31(2,3)42-30(41)39(6)12-11-23-35-27-22-14-20(13-18-7-9-19(15-34)10-8-18)24(32)25(33)26(22)37-29(28(27)36-23)40-16-21(17-40)38(4)5/h7-10,14,21H,11-13,16-17H2,1-6H3,(H,35,36). The highest BCUT2D eigenvalue weighted by atomic mass is 79.9. The highest BCUT2D eigenvalue weighted by Crippen LogP contribution is 2.37. The Morgan fingerprint density at radius 3 is 2.50 bits per heavy atom. The number of benzene rings is 2. The molecule has 1 fully saturated rings. The van der Waals surface area contributed by atoms with Crippen LogP contribution in [-0.4, -0.2) is 83.3 Å². The maximum absolute atomic E-state index is 16.0. The maximum Gasteiger partial charge on any atom is 0.410 e. The van der Waals surface area contributed by atoms with E-state index in [1.807, 2.05) is 53.1 Å². The van der Waals surface area contributed by atoms with Crippen molar-refractivity contribution in [2.45, 2.75) is 45.3 Å². The van der Waals surface area contributed by atoms with E-state index < -0.39 is 17.5 Å². The van der Waals surface area contributed by atoms with Crippen LogP contribution in [0.5, 0.6) is 0 Å². The summed E-state index contributed by atoms with van der Waals surface area (Å²) in [6, 6.07) is 11.7. The molecular weight excluding hydrogens is 601 g/mol. The highest BCUT2D eigenvalue weighted by Gasteiger charge is 2.32. The number of nitrogens with one attached hydrogen (secondary N) is 1. The number of anilines is 1. The number of pyridine rings is 1. The molecule has 11 heteroatoms. The number of carbonyl (C=O) groups excluding carboxylic acids is 1. The van der Waals surface area contributed by atoms with Gasteiger partial charge in [0, 0.05) is 44.5 Å². The number of hydrogen-bond acceptors (Lipinski definition) is 7. The summed E-state index contributed by atoms with van der Waals surface area (Å²) in [4.78, 5) is 31.5. The van der Waals surface area contributed by atoms with Crippen molar-refractivity contribution in [2.24, 2.45) is 0 Å². The number of aromatic amines is 1. The highest BCUT2D eigenvalue weighted by molar-refractivity contribution is 9.10. The smallest absolute Gasteiger partial charge is 0.410 e. The van der Waals surface area contributed by atoms with Crippen molar-refractivity contribution in [1.29, 1.82) is 5.26 Å². The van der Waals surface area contributed by atoms with Crippen LogP contribution in [-0.2, 0) is 17.6 Å². The molecule has 9 nitrogen and oxygen atoms in total. The first-order valence-corrected chi connectivity index (χ1v) is 14.7. The molecule has 1 amide bonds. The number of nitrogens with zero attached hydrogens (tertiary/aromatic N) is 6. The molecule has 1 saturated heterocycles. The molecule has 0 unspecified atom stereocenters. The monoisotopic (exact) mass is 635 g/mol. The number of aromatic nitrogens is 3. The lowest BCUT2D eigenvalue weighted by Crippen LogP contribution is -2.57. The molecule has 1 N–H and O–H groups in total. The molecule has 2 aromatic carbocycles. The van der Waals surface area contributed by atoms with Crippen molar-refractivity contribution in [3.8, 4) is 6.07 Å². The molecule has 0 bridgehead atoms. The van der Waals surface area contributed by atoms with Gasteiger partial charge in [-0.1, -0.05) is 12.1 Å². The fourth-order valence-corrected chi connectivity index (χ4v) is 5.39. The second kappa shape index (κ2) is 11.5. The van der Waals surface area contributed by atoms with Gasteiger partial charge in [-0.3, -0.25) is 0 Å². The van der Waals surface area contributed by atoms with Gasteiger partial charge in [0.05, 0.1) is 16.1 Å². The quantitative estimate of drug-likeness (QED) is 0.281. The number of fused-ring (bicyclic) bond motifs is 3. The van der Waals surface area contributed by atoms with Crippen molar-refractivity contribution < 1.29 is 13.9 Å². The Morgan fingerprint density at radius 2 is 1.88 bits per heavy atom. The summed E-state index contributed by atoms with van der Waals surface area (Å²) in [6.07, 6.45) is 0.529. The summed E-state index contributed by atoms with van der Waals surface area (Å²) in [7, 11) is 5.79. The molecule has 1 aliphatic heterocycles. The Kier molecular flexibility index (Phi) is 8.14. The van der Waals surface area contributed by atoms with E-state index in [1.54, 1.807) is 19.2 Å². The Hall–Kier alpha value is -3.75. The molecule has 0 aliphatic carbocycles. The molecule has 0 spiro atoms. The van der Waals surface area contributed by atoms with Gasteiger partial charge in [0.1, 0.15) is 28.0 Å². The van der Waals surface area contributed by atoms with Gasteiger partial charge in [-0.25, -0.2) is 19.2 Å². The zero-order valence-corrected chi connectivity index (χ0v) is 26.3. The molecule has 5 rings (SSSR count). The summed E-state index contributed by atoms with van der Waals surface area (Å²) in [6.45, 7) is 7.45. The van der Waals surface area contributed by atoms with Gasteiger partial charge in [-0.15, -0.1) is 0 Å². The number of amides is 1. The molecular formula is C31H35BrFN7O2. The van der Waals surface area contributed by atoms with E-state index in [-0.39, 0.29) is 5.52 Å². The van der Waals surface area contributed by atoms with Crippen LogP contribution in [0.3, 0.4) is 0 Å². The second-order valence-corrected chi connectivity index (χ2v) is 12.9. The first-order valence-electron chi connectivity index (χ1n) is 13.9. The number of halogens is 2. The van der Waals surface area contributed by atoms with Crippen molar-refractivity contribution >= 4 is 49.8 Å². The van der Waals surface area contributed by atoms with Crippen LogP contribution in [0.4, 0.5) is 15.0 Å². The molecule has 0 atom stereocenters. The fourth-order valence-electron chi connectivity index (χ4n) is 4.95. The van der Waals surface area contributed by atoms with Crippen LogP contribution in [0.2, 0.25) is 0 Å². The third kappa shape index (κ3) is 6.05. The van der Waals surface area contributed by atoms with E-state index in [2.05, 4.69) is 36.8 Å². The first-order chi connectivity index (χ1) is 19.8. The molecule has 3 heterocycles. The van der Waals surface area contributed by atoms with E-state index in [1.165, 1.54) is 4.90 Å². The maximum atomic E-state index is 16.0. The number of ether oxygens (including phenoxy) is 1. The van der Waals surface area contributed by atoms with Gasteiger partial charge in [-0.2, -0.15) is 5.26 Å². The average molecular weight is 637 g/mol. The molecule has 4 aromatic rings. The number of likely N-dealkylation sites (N-methyl/N-ethyl adjacent to an activating group) is 2. The van der Waals surface area contributed by atoms with Gasteiger partial charge in [0.15, 0.2) is 11.6 Å². The minimum atomic E-state index is -0.584. The van der Waals surface area contributed by atoms with E-state index >= 15 is 4.39 Å². The zero-order chi connectivity index (χ0) is 30.3. The lowest BCUT2D eigenvalue weighted by molar-refractivity contribution is 0.0300. The summed E-state index contributed by atoms with van der Waals surface area (Å²) < 4.78 is 21.8. The number of H-pyrrole nitrogens is 1. The zero-order valence-electron chi connectivity index (χ0n) is 24.8. The van der Waals surface area contributed by atoms with Crippen LogP contribution in [0.25, 0.3) is 21.9 Å². The van der Waals surface area contributed by atoms with Crippen LogP contribution in [0.1, 0.15) is 43.3 Å². The average Bonchev–Trinajstić information content (AvgIpc) is 3.33. The fraction of sp³-hybridized carbons (Fsp3) is 0.419. The lowest BCUT2D eigenvalue weighted by atomic mass is 10.0. The van der Waals surface area contributed by atoms with Crippen LogP contribution < -0.4 is 4.90 Å². The van der Waals surface area contributed by atoms with Crippen molar-refractivity contribution in [3.63, 3.8) is 0 Å². The van der Waals surface area contributed by atoms with Crippen LogP contribution >= 0.6 is 15.9 Å². The number of nitriles is 1. The topological polar surface area (TPSA) is 101 Å². The molecule has 0 radical (unpaired) electrons. The summed E-state index contributed by atoms with van der Waals surface area (Å²) in [5.41, 5.74) is 3.35. The Bertz CT molecular complexity index is 1680. The van der Waals surface area contributed by atoms with Crippen molar-refractivity contribution in [3.05, 3.63) is 63.1 Å². The molecule has 1 aliphatic rings. The minimum absolute atomic E-state index is 0.255. The third-order valence-electron chi connectivity index (χ3n) is 7.46. The van der Waals surface area contributed by atoms with Gasteiger partial charge >= 0.3 is 6.09 Å². The van der Waals surface area contributed by atoms with E-state index in [9.17, 15) is 4.79 Å². The van der Waals surface area contributed by atoms with E-state index in [0.717, 1.165) is 29.7 Å². The number of rotatable bonds is 7. The lowest BCUT2D eigenvalue weighted by Gasteiger charge is -2.43. The van der Waals surface area contributed by atoms with E-state index in [4.69, 9.17) is 20.0 Å². The Labute approximate surface area is 253 Å². The Morgan fingerprint density at radius 1 is 1.19 bits per heavy atom. The SMILES string of the molecule is CN(CCc1nc2c([nH]1)c(N1CC(N(C)C)C1)nc1c(F)c(Br)c(Cc3ccc(C#N)cc3)cc12)C(=O)OC(C)(C)C. The van der Waals surface area contributed by atoms with Gasteiger partial charge < -0.3 is 24.4 Å². The molecule has 42 heavy (non-hydrogen) atoms. The third-order valence-corrected chi connectivity index (χ3v) is 8.32. The van der Waals surface area contributed by atoms with Crippen LogP contribution in [0.15, 0.2) is 34.8 Å². The molecule has 0 saturated carbocycles. The minimum Gasteiger partial charge on any atom is -0.444 e. The predicted molar refractivity (Wildman–Crippen MR) is 165 cm³/mol. The van der Waals surface area contributed by atoms with Gasteiger partial charge in [-0.05, 0) is 86.5 Å². The van der Waals surface area contributed by atoms with Crippen molar-refractivity contribution in [2.75, 3.05) is 45.7 Å². The summed E-state index contributed by atoms with van der Waals surface area (Å²) >= 11 is 3.49. The first kappa shape index (κ1) is 29.7. The van der Waals surface area contributed by atoms with E-state index in [0.29, 0.717) is 58.0 Å².